The van der Waals surface area contributed by atoms with E-state index in [1.807, 2.05) is 12.1 Å². The molecule has 178 valence electrons. The largest absolute Gasteiger partial charge is 0.454 e. The standard InChI is InChI=1S/C25H27FN4O4/c1-30(24(31)15-27-25(32)18-9-10-22-23(13-18)34-16-33-22)11-4-2-3-8-20-14-21(29-28-20)17-6-5-7-19(26)12-17/h5-7,9-10,12-14H,2-4,8,11,15-16H2,1H3,(H,27,32)(H,28,29). The van der Waals surface area contributed by atoms with Crippen molar-refractivity contribution in [1.29, 1.82) is 0 Å². The normalized spacial score (nSPS) is 11.9. The lowest BCUT2D eigenvalue weighted by molar-refractivity contribution is -0.128. The first-order valence-electron chi connectivity index (χ1n) is 11.2. The average molecular weight is 467 g/mol. The van der Waals surface area contributed by atoms with Crippen molar-refractivity contribution in [2.24, 2.45) is 0 Å². The molecule has 1 aliphatic rings. The Labute approximate surface area is 197 Å². The average Bonchev–Trinajstić information content (AvgIpc) is 3.51. The van der Waals surface area contributed by atoms with E-state index in [9.17, 15) is 14.0 Å². The summed E-state index contributed by atoms with van der Waals surface area (Å²) in [5.74, 6) is 0.358. The first kappa shape index (κ1) is 23.3. The molecule has 9 heteroatoms. The van der Waals surface area contributed by atoms with Crippen LogP contribution >= 0.6 is 0 Å². The lowest BCUT2D eigenvalue weighted by Gasteiger charge is -2.17. The van der Waals surface area contributed by atoms with Gasteiger partial charge in [-0.2, -0.15) is 5.10 Å². The van der Waals surface area contributed by atoms with Gasteiger partial charge in [0.1, 0.15) is 5.82 Å². The van der Waals surface area contributed by atoms with Gasteiger partial charge in [0.15, 0.2) is 11.5 Å². The molecule has 0 aliphatic carbocycles. The zero-order valence-corrected chi connectivity index (χ0v) is 19.0. The van der Waals surface area contributed by atoms with Gasteiger partial charge in [-0.3, -0.25) is 14.7 Å². The Morgan fingerprint density at radius 3 is 2.79 bits per heavy atom. The van der Waals surface area contributed by atoms with Gasteiger partial charge in [-0.15, -0.1) is 0 Å². The van der Waals surface area contributed by atoms with Crippen molar-refractivity contribution in [1.82, 2.24) is 20.4 Å². The van der Waals surface area contributed by atoms with Crippen LogP contribution < -0.4 is 14.8 Å². The number of aromatic nitrogens is 2. The maximum Gasteiger partial charge on any atom is 0.251 e. The van der Waals surface area contributed by atoms with Crippen molar-refractivity contribution < 1.29 is 23.5 Å². The summed E-state index contributed by atoms with van der Waals surface area (Å²) < 4.78 is 23.9. The highest BCUT2D eigenvalue weighted by Gasteiger charge is 2.17. The lowest BCUT2D eigenvalue weighted by atomic mass is 10.1. The van der Waals surface area contributed by atoms with Crippen molar-refractivity contribution in [3.05, 3.63) is 65.6 Å². The Balaban J connectivity index is 1.13. The number of halogens is 1. The number of nitrogens with zero attached hydrogens (tertiary/aromatic N) is 2. The molecular weight excluding hydrogens is 439 g/mol. The van der Waals surface area contributed by atoms with Crippen molar-refractivity contribution >= 4 is 11.8 Å². The fourth-order valence-electron chi connectivity index (χ4n) is 3.68. The number of aryl methyl sites for hydroxylation is 1. The summed E-state index contributed by atoms with van der Waals surface area (Å²) in [4.78, 5) is 26.3. The molecule has 0 spiro atoms. The van der Waals surface area contributed by atoms with Crippen molar-refractivity contribution in [2.45, 2.75) is 25.7 Å². The molecular formula is C25H27FN4O4. The lowest BCUT2D eigenvalue weighted by Crippen LogP contribution is -2.38. The van der Waals surface area contributed by atoms with Gasteiger partial charge in [0.2, 0.25) is 12.7 Å². The number of likely N-dealkylation sites (N-methyl/N-ethyl adjacent to an activating group) is 1. The number of carbonyl (C=O) groups is 2. The number of ether oxygens (including phenoxy) is 2. The zero-order chi connectivity index (χ0) is 23.9. The van der Waals surface area contributed by atoms with Gasteiger partial charge in [0.05, 0.1) is 12.2 Å². The molecule has 0 saturated carbocycles. The van der Waals surface area contributed by atoms with Crippen LogP contribution in [-0.4, -0.2) is 53.8 Å². The highest BCUT2D eigenvalue weighted by molar-refractivity contribution is 5.97. The highest BCUT2D eigenvalue weighted by Crippen LogP contribution is 2.32. The Morgan fingerprint density at radius 1 is 1.09 bits per heavy atom. The summed E-state index contributed by atoms with van der Waals surface area (Å²) in [7, 11) is 1.73. The third-order valence-electron chi connectivity index (χ3n) is 5.65. The molecule has 3 aromatic rings. The molecule has 0 saturated heterocycles. The van der Waals surface area contributed by atoms with Gasteiger partial charge in [0, 0.05) is 30.4 Å². The molecule has 0 atom stereocenters. The van der Waals surface area contributed by atoms with Crippen LogP contribution in [0.4, 0.5) is 4.39 Å². The first-order chi connectivity index (χ1) is 16.5. The second-order valence-electron chi connectivity index (χ2n) is 8.17. The highest BCUT2D eigenvalue weighted by atomic mass is 19.1. The van der Waals surface area contributed by atoms with E-state index >= 15 is 0 Å². The van der Waals surface area contributed by atoms with E-state index in [0.29, 0.717) is 23.6 Å². The fourth-order valence-corrected chi connectivity index (χ4v) is 3.68. The van der Waals surface area contributed by atoms with Gasteiger partial charge < -0.3 is 19.7 Å². The number of hydrogen-bond acceptors (Lipinski definition) is 5. The SMILES string of the molecule is CN(CCCCCc1cc(-c2cccc(F)c2)n[nH]1)C(=O)CNC(=O)c1ccc2c(c1)OCO2. The summed E-state index contributed by atoms with van der Waals surface area (Å²) in [6.07, 6.45) is 3.55. The van der Waals surface area contributed by atoms with Gasteiger partial charge >= 0.3 is 0 Å². The van der Waals surface area contributed by atoms with Crippen LogP contribution in [-0.2, 0) is 11.2 Å². The van der Waals surface area contributed by atoms with Gasteiger partial charge in [-0.05, 0) is 55.7 Å². The summed E-state index contributed by atoms with van der Waals surface area (Å²) >= 11 is 0. The van der Waals surface area contributed by atoms with E-state index in [4.69, 9.17) is 9.47 Å². The third kappa shape index (κ3) is 5.92. The van der Waals surface area contributed by atoms with Crippen LogP contribution in [0.25, 0.3) is 11.3 Å². The quantitative estimate of drug-likeness (QED) is 0.446. The van der Waals surface area contributed by atoms with Crippen molar-refractivity contribution in [3.8, 4) is 22.8 Å². The Morgan fingerprint density at radius 2 is 1.94 bits per heavy atom. The second-order valence-corrected chi connectivity index (χ2v) is 8.17. The number of H-pyrrole nitrogens is 1. The van der Waals surface area contributed by atoms with E-state index in [2.05, 4.69) is 15.5 Å². The molecule has 0 unspecified atom stereocenters. The van der Waals surface area contributed by atoms with Crippen LogP contribution in [0.5, 0.6) is 11.5 Å². The molecule has 2 N–H and O–H groups in total. The van der Waals surface area contributed by atoms with E-state index < -0.39 is 0 Å². The minimum absolute atomic E-state index is 0.0687. The molecule has 1 aromatic heterocycles. The van der Waals surface area contributed by atoms with Crippen LogP contribution in [0.15, 0.2) is 48.5 Å². The van der Waals surface area contributed by atoms with E-state index in [0.717, 1.165) is 42.6 Å². The summed E-state index contributed by atoms with van der Waals surface area (Å²) in [5, 5.41) is 9.92. The molecule has 4 rings (SSSR count). The molecule has 0 bridgehead atoms. The maximum absolute atomic E-state index is 13.4. The third-order valence-corrected chi connectivity index (χ3v) is 5.65. The number of benzene rings is 2. The van der Waals surface area contributed by atoms with Gasteiger partial charge in [-0.1, -0.05) is 18.6 Å². The predicted octanol–water partition coefficient (Wildman–Crippen LogP) is 3.55. The number of fused-ring (bicyclic) bond motifs is 1. The number of carbonyl (C=O) groups excluding carboxylic acids is 2. The molecule has 8 nitrogen and oxygen atoms in total. The molecule has 1 aliphatic heterocycles. The van der Waals surface area contributed by atoms with Crippen LogP contribution in [0.1, 0.15) is 35.3 Å². The maximum atomic E-state index is 13.4. The molecule has 2 aromatic carbocycles. The van der Waals surface area contributed by atoms with Crippen molar-refractivity contribution in [2.75, 3.05) is 26.9 Å². The number of aromatic amines is 1. The molecule has 34 heavy (non-hydrogen) atoms. The summed E-state index contributed by atoms with van der Waals surface area (Å²) in [6, 6.07) is 13.2. The smallest absolute Gasteiger partial charge is 0.251 e. The first-order valence-corrected chi connectivity index (χ1v) is 11.2. The predicted molar refractivity (Wildman–Crippen MR) is 124 cm³/mol. The second kappa shape index (κ2) is 10.8. The zero-order valence-electron chi connectivity index (χ0n) is 19.0. The molecule has 2 heterocycles. The fraction of sp³-hybridized carbons (Fsp3) is 0.320. The number of nitrogens with one attached hydrogen (secondary N) is 2. The molecule has 2 amide bonds. The summed E-state index contributed by atoms with van der Waals surface area (Å²) in [6.45, 7) is 0.679. The Kier molecular flexibility index (Phi) is 7.41. The van der Waals surface area contributed by atoms with E-state index in [1.54, 1.807) is 36.2 Å². The van der Waals surface area contributed by atoms with Crippen LogP contribution in [0, 0.1) is 5.82 Å². The van der Waals surface area contributed by atoms with E-state index in [1.165, 1.54) is 12.1 Å². The Hall–Kier alpha value is -3.88. The minimum Gasteiger partial charge on any atom is -0.454 e. The van der Waals surface area contributed by atoms with Gasteiger partial charge in [-0.25, -0.2) is 4.39 Å². The number of rotatable bonds is 10. The number of amides is 2. The van der Waals surface area contributed by atoms with Crippen molar-refractivity contribution in [3.63, 3.8) is 0 Å². The van der Waals surface area contributed by atoms with Crippen LogP contribution in [0.3, 0.4) is 0 Å². The monoisotopic (exact) mass is 466 g/mol. The van der Waals surface area contributed by atoms with E-state index in [-0.39, 0.29) is 31.0 Å². The summed E-state index contributed by atoms with van der Waals surface area (Å²) in [5.41, 5.74) is 2.88. The topological polar surface area (TPSA) is 96.6 Å². The minimum atomic E-state index is -0.336. The van der Waals surface area contributed by atoms with Gasteiger partial charge in [0.25, 0.3) is 5.91 Å². The Bertz CT molecular complexity index is 1160. The van der Waals surface area contributed by atoms with Crippen LogP contribution in [0.2, 0.25) is 0 Å². The number of unbranched alkanes of at least 4 members (excludes halogenated alkanes) is 2. The molecule has 0 radical (unpaired) electrons. The number of hydrogen-bond donors (Lipinski definition) is 2. The molecule has 0 fully saturated rings.